The summed E-state index contributed by atoms with van der Waals surface area (Å²) in [7, 11) is 1.73. The van der Waals surface area contributed by atoms with E-state index < -0.39 is 0 Å². The monoisotopic (exact) mass is 319 g/mol. The molecule has 122 valence electrons. The number of nitrogens with zero attached hydrogens (tertiary/aromatic N) is 1. The van der Waals surface area contributed by atoms with Crippen LogP contribution in [0.3, 0.4) is 0 Å². The molecular formula is C20H21N3O. The summed E-state index contributed by atoms with van der Waals surface area (Å²) in [5.41, 5.74) is 11.8. The van der Waals surface area contributed by atoms with Crippen molar-refractivity contribution in [1.82, 2.24) is 10.2 Å². The molecule has 0 fully saturated rings. The molecule has 0 amide bonds. The van der Waals surface area contributed by atoms with Crippen molar-refractivity contribution in [2.45, 2.75) is 25.7 Å². The van der Waals surface area contributed by atoms with E-state index in [0.29, 0.717) is 5.82 Å². The lowest BCUT2D eigenvalue weighted by atomic mass is 9.91. The fourth-order valence-corrected chi connectivity index (χ4v) is 3.55. The van der Waals surface area contributed by atoms with Gasteiger partial charge in [-0.05, 0) is 54.5 Å². The van der Waals surface area contributed by atoms with Gasteiger partial charge in [-0.1, -0.05) is 30.3 Å². The first-order valence-corrected chi connectivity index (χ1v) is 8.38. The molecule has 4 nitrogen and oxygen atoms in total. The van der Waals surface area contributed by atoms with Crippen LogP contribution in [0.4, 0.5) is 5.82 Å². The molecule has 4 heteroatoms. The zero-order valence-corrected chi connectivity index (χ0v) is 13.8. The van der Waals surface area contributed by atoms with Crippen LogP contribution in [0.25, 0.3) is 27.6 Å². The molecule has 0 bridgehead atoms. The molecule has 0 radical (unpaired) electrons. The summed E-state index contributed by atoms with van der Waals surface area (Å²) in [5, 5.41) is 8.06. The number of allylic oxidation sites excluding steroid dienone is 2. The lowest BCUT2D eigenvalue weighted by molar-refractivity contribution is 0.413. The Morgan fingerprint density at radius 3 is 2.83 bits per heavy atom. The maximum absolute atomic E-state index is 6.05. The molecule has 0 saturated heterocycles. The zero-order chi connectivity index (χ0) is 16.5. The fourth-order valence-electron chi connectivity index (χ4n) is 3.55. The van der Waals surface area contributed by atoms with Crippen LogP contribution in [0.1, 0.15) is 31.2 Å². The van der Waals surface area contributed by atoms with E-state index in [9.17, 15) is 0 Å². The molecule has 2 aromatic carbocycles. The molecule has 0 spiro atoms. The predicted octanol–water partition coefficient (Wildman–Crippen LogP) is 4.78. The maximum Gasteiger partial charge on any atom is 0.153 e. The molecule has 0 saturated carbocycles. The molecule has 3 aromatic rings. The number of hydrogen-bond donors (Lipinski definition) is 2. The number of nitrogens with one attached hydrogen (secondary N) is 1. The summed E-state index contributed by atoms with van der Waals surface area (Å²) in [6.45, 7) is 0. The van der Waals surface area contributed by atoms with E-state index in [1.54, 1.807) is 7.11 Å². The molecule has 0 aliphatic heterocycles. The standard InChI is InChI=1S/C20H21N3O/c1-24-18-12-14(10-11-15(18)13-6-3-2-4-7-13)16-8-5-9-17-19(16)20(21)23-22-17/h5-6,8-12H,2-4,7H2,1H3,(H3,21,22,23). The van der Waals surface area contributed by atoms with E-state index in [1.165, 1.54) is 24.0 Å². The van der Waals surface area contributed by atoms with Crippen molar-refractivity contribution in [3.05, 3.63) is 48.0 Å². The molecule has 1 aromatic heterocycles. The van der Waals surface area contributed by atoms with Crippen LogP contribution in [-0.4, -0.2) is 17.3 Å². The van der Waals surface area contributed by atoms with Gasteiger partial charge in [-0.2, -0.15) is 5.10 Å². The Labute approximate surface area is 141 Å². The molecule has 0 unspecified atom stereocenters. The Bertz CT molecular complexity index is 924. The molecule has 1 heterocycles. The number of benzene rings is 2. The van der Waals surface area contributed by atoms with Crippen LogP contribution in [0.2, 0.25) is 0 Å². The SMILES string of the molecule is COc1cc(-c2cccc3[nH]nc(N)c23)ccc1C1=CCCCC1. The van der Waals surface area contributed by atoms with Gasteiger partial charge in [0.15, 0.2) is 5.82 Å². The van der Waals surface area contributed by atoms with Crippen LogP contribution < -0.4 is 10.5 Å². The van der Waals surface area contributed by atoms with Crippen LogP contribution in [0.5, 0.6) is 5.75 Å². The quantitative estimate of drug-likeness (QED) is 0.730. The van der Waals surface area contributed by atoms with E-state index >= 15 is 0 Å². The van der Waals surface area contributed by atoms with E-state index in [2.05, 4.69) is 40.5 Å². The van der Waals surface area contributed by atoms with Gasteiger partial charge in [-0.3, -0.25) is 5.10 Å². The summed E-state index contributed by atoms with van der Waals surface area (Å²) in [4.78, 5) is 0. The second-order valence-corrected chi connectivity index (χ2v) is 6.23. The van der Waals surface area contributed by atoms with Crippen molar-refractivity contribution in [2.75, 3.05) is 12.8 Å². The third kappa shape index (κ3) is 2.44. The van der Waals surface area contributed by atoms with Crippen LogP contribution in [0, 0.1) is 0 Å². The van der Waals surface area contributed by atoms with Gasteiger partial charge in [0.1, 0.15) is 5.75 Å². The first-order chi connectivity index (χ1) is 11.8. The number of H-pyrrole nitrogens is 1. The van der Waals surface area contributed by atoms with Crippen LogP contribution in [-0.2, 0) is 0 Å². The molecule has 4 rings (SSSR count). The van der Waals surface area contributed by atoms with Gasteiger partial charge in [0, 0.05) is 5.56 Å². The number of hydrogen-bond acceptors (Lipinski definition) is 3. The summed E-state index contributed by atoms with van der Waals surface area (Å²) in [5.74, 6) is 1.44. The van der Waals surface area contributed by atoms with Crippen molar-refractivity contribution in [2.24, 2.45) is 0 Å². The van der Waals surface area contributed by atoms with Crippen molar-refractivity contribution in [3.63, 3.8) is 0 Å². The van der Waals surface area contributed by atoms with Crippen LogP contribution in [0.15, 0.2) is 42.5 Å². The van der Waals surface area contributed by atoms with Gasteiger partial charge in [0.2, 0.25) is 0 Å². The van der Waals surface area contributed by atoms with E-state index in [-0.39, 0.29) is 0 Å². The molecule has 0 atom stereocenters. The first-order valence-electron chi connectivity index (χ1n) is 8.38. The number of anilines is 1. The maximum atomic E-state index is 6.05. The number of aromatic amines is 1. The lowest BCUT2D eigenvalue weighted by Crippen LogP contribution is -1.96. The van der Waals surface area contributed by atoms with Crippen molar-refractivity contribution >= 4 is 22.3 Å². The van der Waals surface area contributed by atoms with Gasteiger partial charge in [-0.25, -0.2) is 0 Å². The molecule has 1 aliphatic carbocycles. The minimum absolute atomic E-state index is 0.527. The van der Waals surface area contributed by atoms with Gasteiger partial charge in [0.25, 0.3) is 0 Å². The van der Waals surface area contributed by atoms with Gasteiger partial charge < -0.3 is 10.5 Å². The Morgan fingerprint density at radius 2 is 2.04 bits per heavy atom. The zero-order valence-electron chi connectivity index (χ0n) is 13.8. The van der Waals surface area contributed by atoms with E-state index in [0.717, 1.165) is 40.6 Å². The van der Waals surface area contributed by atoms with Gasteiger partial charge in [-0.15, -0.1) is 0 Å². The van der Waals surface area contributed by atoms with E-state index in [1.807, 2.05) is 12.1 Å². The molecule has 24 heavy (non-hydrogen) atoms. The fraction of sp³-hybridized carbons (Fsp3) is 0.250. The number of rotatable bonds is 3. The first kappa shape index (κ1) is 14.8. The van der Waals surface area contributed by atoms with Gasteiger partial charge in [0.05, 0.1) is 18.0 Å². The number of nitrogen functional groups attached to an aromatic ring is 1. The van der Waals surface area contributed by atoms with Gasteiger partial charge >= 0.3 is 0 Å². The number of aromatic nitrogens is 2. The smallest absolute Gasteiger partial charge is 0.153 e. The number of nitrogens with two attached hydrogens (primary N) is 1. The molecule has 1 aliphatic rings. The molecular weight excluding hydrogens is 298 g/mol. The van der Waals surface area contributed by atoms with Crippen molar-refractivity contribution in [1.29, 1.82) is 0 Å². The highest BCUT2D eigenvalue weighted by Crippen LogP contribution is 2.38. The summed E-state index contributed by atoms with van der Waals surface area (Å²) >= 11 is 0. The predicted molar refractivity (Wildman–Crippen MR) is 98.9 cm³/mol. The highest BCUT2D eigenvalue weighted by molar-refractivity contribution is 6.01. The highest BCUT2D eigenvalue weighted by atomic mass is 16.5. The normalized spacial score (nSPS) is 14.6. The number of methoxy groups -OCH3 is 1. The van der Waals surface area contributed by atoms with Crippen molar-refractivity contribution in [3.8, 4) is 16.9 Å². The second kappa shape index (κ2) is 6.04. The Hall–Kier alpha value is -2.75. The highest BCUT2D eigenvalue weighted by Gasteiger charge is 2.15. The lowest BCUT2D eigenvalue weighted by Gasteiger charge is -2.17. The Morgan fingerprint density at radius 1 is 1.12 bits per heavy atom. The Balaban J connectivity index is 1.84. The summed E-state index contributed by atoms with van der Waals surface area (Å²) in [6.07, 6.45) is 7.16. The minimum atomic E-state index is 0.527. The van der Waals surface area contributed by atoms with Crippen molar-refractivity contribution < 1.29 is 4.74 Å². The number of ether oxygens (including phenoxy) is 1. The summed E-state index contributed by atoms with van der Waals surface area (Å²) < 4.78 is 5.69. The largest absolute Gasteiger partial charge is 0.496 e. The molecule has 3 N–H and O–H groups in total. The van der Waals surface area contributed by atoms with E-state index in [4.69, 9.17) is 10.5 Å². The minimum Gasteiger partial charge on any atom is -0.496 e. The average Bonchev–Trinajstić information content (AvgIpc) is 3.03. The average molecular weight is 319 g/mol. The third-order valence-corrected chi connectivity index (χ3v) is 4.77. The topological polar surface area (TPSA) is 63.9 Å². The second-order valence-electron chi connectivity index (χ2n) is 6.23. The Kier molecular flexibility index (Phi) is 3.73. The summed E-state index contributed by atoms with van der Waals surface area (Å²) in [6, 6.07) is 12.5. The van der Waals surface area contributed by atoms with Crippen LogP contribution >= 0.6 is 0 Å². The number of fused-ring (bicyclic) bond motifs is 1. The third-order valence-electron chi connectivity index (χ3n) is 4.77.